The van der Waals surface area contributed by atoms with Crippen molar-refractivity contribution in [3.05, 3.63) is 48.5 Å². The molecule has 0 saturated heterocycles. The van der Waals surface area contributed by atoms with Crippen molar-refractivity contribution in [3.8, 4) is 5.69 Å². The normalized spacial score (nSPS) is 10.1. The van der Waals surface area contributed by atoms with E-state index in [0.717, 1.165) is 5.69 Å². The fourth-order valence-electron chi connectivity index (χ4n) is 1.22. The van der Waals surface area contributed by atoms with Crippen LogP contribution in [-0.4, -0.2) is 9.55 Å². The van der Waals surface area contributed by atoms with E-state index in [2.05, 4.69) is 16.5 Å². The molecule has 2 aromatic heterocycles. The topological polar surface area (TPSA) is 17.8 Å². The summed E-state index contributed by atoms with van der Waals surface area (Å²) in [6.45, 7) is 2.08. The molecule has 0 amide bonds. The van der Waals surface area contributed by atoms with Crippen molar-refractivity contribution in [2.45, 2.75) is 6.92 Å². The molecule has 60 valence electrons. The molecular formula is C10H10N2. The van der Waals surface area contributed by atoms with Gasteiger partial charge >= 0.3 is 0 Å². The molecular weight excluding hydrogens is 148 g/mol. The zero-order valence-corrected chi connectivity index (χ0v) is 6.94. The molecule has 0 radical (unpaired) electrons. The van der Waals surface area contributed by atoms with Crippen LogP contribution in [-0.2, 0) is 0 Å². The number of rotatable bonds is 1. The number of hydrogen-bond donors (Lipinski definition) is 0. The molecule has 12 heavy (non-hydrogen) atoms. The van der Waals surface area contributed by atoms with E-state index in [1.165, 1.54) is 5.56 Å². The van der Waals surface area contributed by atoms with E-state index in [0.29, 0.717) is 0 Å². The van der Waals surface area contributed by atoms with Crippen molar-refractivity contribution in [1.82, 2.24) is 9.55 Å². The maximum Gasteiger partial charge on any atom is 0.0663 e. The Labute approximate surface area is 71.5 Å². The largest absolute Gasteiger partial charge is 0.322 e. The van der Waals surface area contributed by atoms with Crippen LogP contribution in [0.4, 0.5) is 0 Å². The predicted molar refractivity (Wildman–Crippen MR) is 48.3 cm³/mol. The highest BCUT2D eigenvalue weighted by Crippen LogP contribution is 2.10. The molecule has 0 unspecified atom stereocenters. The van der Waals surface area contributed by atoms with Crippen LogP contribution in [0.15, 0.2) is 43.0 Å². The third kappa shape index (κ3) is 1.11. The zero-order chi connectivity index (χ0) is 8.39. The van der Waals surface area contributed by atoms with Crippen molar-refractivity contribution >= 4 is 0 Å². The monoisotopic (exact) mass is 158 g/mol. The second-order valence-corrected chi connectivity index (χ2v) is 2.75. The van der Waals surface area contributed by atoms with Crippen LogP contribution in [0.1, 0.15) is 5.56 Å². The highest BCUT2D eigenvalue weighted by Gasteiger charge is 1.96. The molecule has 0 aliphatic heterocycles. The van der Waals surface area contributed by atoms with Crippen LogP contribution in [0.5, 0.6) is 0 Å². The molecule has 0 spiro atoms. The molecule has 2 rings (SSSR count). The van der Waals surface area contributed by atoms with E-state index in [-0.39, 0.29) is 0 Å². The highest BCUT2D eigenvalue weighted by molar-refractivity contribution is 5.37. The average molecular weight is 158 g/mol. The molecule has 2 nitrogen and oxygen atoms in total. The molecule has 2 aromatic rings. The Morgan fingerprint density at radius 1 is 1.25 bits per heavy atom. The number of nitrogens with zero attached hydrogens (tertiary/aromatic N) is 2. The van der Waals surface area contributed by atoms with E-state index in [4.69, 9.17) is 0 Å². The first-order chi connectivity index (χ1) is 5.88. The standard InChI is InChI=1S/C10H10N2/c1-9-4-5-11-8-10(9)12-6-2-3-7-12/h2-8H,1H3. The van der Waals surface area contributed by atoms with Crippen LogP contribution in [0.25, 0.3) is 5.69 Å². The van der Waals surface area contributed by atoms with Gasteiger partial charge in [-0.1, -0.05) is 0 Å². The Kier molecular flexibility index (Phi) is 1.67. The van der Waals surface area contributed by atoms with Gasteiger partial charge in [0.25, 0.3) is 0 Å². The molecule has 2 heteroatoms. The maximum absolute atomic E-state index is 4.08. The summed E-state index contributed by atoms with van der Waals surface area (Å²) in [7, 11) is 0. The quantitative estimate of drug-likeness (QED) is 0.622. The van der Waals surface area contributed by atoms with Gasteiger partial charge in [-0.25, -0.2) is 0 Å². The van der Waals surface area contributed by atoms with Gasteiger partial charge in [0, 0.05) is 18.6 Å². The zero-order valence-electron chi connectivity index (χ0n) is 6.94. The van der Waals surface area contributed by atoms with Crippen LogP contribution in [0.3, 0.4) is 0 Å². The Morgan fingerprint density at radius 2 is 2.00 bits per heavy atom. The van der Waals surface area contributed by atoms with E-state index >= 15 is 0 Å². The lowest BCUT2D eigenvalue weighted by Crippen LogP contribution is -1.93. The minimum atomic E-state index is 1.14. The van der Waals surface area contributed by atoms with Crippen molar-refractivity contribution in [2.75, 3.05) is 0 Å². The smallest absolute Gasteiger partial charge is 0.0663 e. The Bertz CT molecular complexity index is 363. The summed E-state index contributed by atoms with van der Waals surface area (Å²) < 4.78 is 2.06. The van der Waals surface area contributed by atoms with Crippen molar-refractivity contribution < 1.29 is 0 Å². The van der Waals surface area contributed by atoms with Crippen molar-refractivity contribution in [1.29, 1.82) is 0 Å². The van der Waals surface area contributed by atoms with Crippen molar-refractivity contribution in [2.24, 2.45) is 0 Å². The van der Waals surface area contributed by atoms with E-state index < -0.39 is 0 Å². The molecule has 0 bridgehead atoms. The summed E-state index contributed by atoms with van der Waals surface area (Å²) in [4.78, 5) is 4.08. The van der Waals surface area contributed by atoms with Gasteiger partial charge < -0.3 is 4.57 Å². The van der Waals surface area contributed by atoms with E-state index in [1.807, 2.05) is 43.0 Å². The fourth-order valence-corrected chi connectivity index (χ4v) is 1.22. The molecule has 0 aromatic carbocycles. The first-order valence-corrected chi connectivity index (χ1v) is 3.92. The lowest BCUT2D eigenvalue weighted by Gasteiger charge is -2.04. The van der Waals surface area contributed by atoms with Crippen molar-refractivity contribution in [3.63, 3.8) is 0 Å². The Morgan fingerprint density at radius 3 is 2.67 bits per heavy atom. The minimum Gasteiger partial charge on any atom is -0.322 e. The second-order valence-electron chi connectivity index (χ2n) is 2.75. The minimum absolute atomic E-state index is 1.14. The first-order valence-electron chi connectivity index (χ1n) is 3.92. The summed E-state index contributed by atoms with van der Waals surface area (Å²) in [5, 5.41) is 0. The summed E-state index contributed by atoms with van der Waals surface area (Å²) >= 11 is 0. The average Bonchev–Trinajstić information content (AvgIpc) is 2.57. The molecule has 2 heterocycles. The number of hydrogen-bond acceptors (Lipinski definition) is 1. The fraction of sp³-hybridized carbons (Fsp3) is 0.100. The number of aromatic nitrogens is 2. The Balaban J connectivity index is 2.55. The summed E-state index contributed by atoms with van der Waals surface area (Å²) in [6.07, 6.45) is 7.71. The summed E-state index contributed by atoms with van der Waals surface area (Å²) in [5.41, 5.74) is 2.38. The third-order valence-electron chi connectivity index (χ3n) is 1.89. The molecule has 0 atom stereocenters. The third-order valence-corrected chi connectivity index (χ3v) is 1.89. The predicted octanol–water partition coefficient (Wildman–Crippen LogP) is 2.18. The van der Waals surface area contributed by atoms with Gasteiger partial charge in [-0.3, -0.25) is 4.98 Å². The number of aryl methyl sites for hydroxylation is 1. The number of pyridine rings is 1. The van der Waals surface area contributed by atoms with Gasteiger partial charge in [-0.05, 0) is 30.7 Å². The van der Waals surface area contributed by atoms with Gasteiger partial charge in [-0.15, -0.1) is 0 Å². The van der Waals surface area contributed by atoms with Gasteiger partial charge in [0.2, 0.25) is 0 Å². The van der Waals surface area contributed by atoms with Crippen LogP contribution in [0, 0.1) is 6.92 Å². The molecule has 0 saturated carbocycles. The molecule has 0 fully saturated rings. The van der Waals surface area contributed by atoms with Crippen LogP contribution < -0.4 is 0 Å². The lowest BCUT2D eigenvalue weighted by molar-refractivity contribution is 1.04. The lowest BCUT2D eigenvalue weighted by atomic mass is 10.2. The maximum atomic E-state index is 4.08. The van der Waals surface area contributed by atoms with Crippen LogP contribution >= 0.6 is 0 Å². The molecule has 0 N–H and O–H groups in total. The first kappa shape index (κ1) is 7.10. The van der Waals surface area contributed by atoms with E-state index in [9.17, 15) is 0 Å². The summed E-state index contributed by atoms with van der Waals surface area (Å²) in [6, 6.07) is 6.02. The van der Waals surface area contributed by atoms with Gasteiger partial charge in [0.1, 0.15) is 0 Å². The van der Waals surface area contributed by atoms with E-state index in [1.54, 1.807) is 0 Å². The second kappa shape index (κ2) is 2.81. The molecule has 0 aliphatic rings. The Hall–Kier alpha value is -1.57. The molecule has 0 aliphatic carbocycles. The van der Waals surface area contributed by atoms with Gasteiger partial charge in [0.15, 0.2) is 0 Å². The van der Waals surface area contributed by atoms with Crippen LogP contribution in [0.2, 0.25) is 0 Å². The van der Waals surface area contributed by atoms with Gasteiger partial charge in [0.05, 0.1) is 11.9 Å². The van der Waals surface area contributed by atoms with Gasteiger partial charge in [-0.2, -0.15) is 0 Å². The summed E-state index contributed by atoms with van der Waals surface area (Å²) in [5.74, 6) is 0. The SMILES string of the molecule is Cc1ccncc1-n1cccc1. The highest BCUT2D eigenvalue weighted by atomic mass is 15.0.